The number of carbonyl (C=O) groups is 2. The van der Waals surface area contributed by atoms with Crippen molar-refractivity contribution in [3.8, 4) is 0 Å². The van der Waals surface area contributed by atoms with E-state index >= 15 is 0 Å². The second-order valence-corrected chi connectivity index (χ2v) is 12.5. The number of aliphatic hydroxyl groups is 2. The Morgan fingerprint density at radius 1 is 0.587 bits per heavy atom. The van der Waals surface area contributed by atoms with Crippen LogP contribution in [-0.2, 0) is 19.1 Å². The van der Waals surface area contributed by atoms with Crippen LogP contribution in [0.5, 0.6) is 0 Å². The van der Waals surface area contributed by atoms with E-state index in [1.165, 1.54) is 70.6 Å². The van der Waals surface area contributed by atoms with Crippen molar-refractivity contribution in [3.63, 3.8) is 0 Å². The molecule has 0 rings (SSSR count). The molecular formula is C40H70O6. The molecule has 0 saturated heterocycles. The van der Waals surface area contributed by atoms with Crippen LogP contribution < -0.4 is 0 Å². The van der Waals surface area contributed by atoms with Crippen LogP contribution in [0, 0.1) is 0 Å². The van der Waals surface area contributed by atoms with E-state index in [4.69, 9.17) is 9.47 Å². The Morgan fingerprint density at radius 2 is 1.07 bits per heavy atom. The molecule has 6 nitrogen and oxygen atoms in total. The normalized spacial score (nSPS) is 13.4. The Hall–Kier alpha value is -2.18. The van der Waals surface area contributed by atoms with Crippen LogP contribution in [0.1, 0.15) is 168 Å². The summed E-state index contributed by atoms with van der Waals surface area (Å²) < 4.78 is 10.5. The molecule has 0 spiro atoms. The Balaban J connectivity index is 3.69. The number of hydrogen-bond donors (Lipinski definition) is 2. The van der Waals surface area contributed by atoms with Gasteiger partial charge in [0.25, 0.3) is 0 Å². The van der Waals surface area contributed by atoms with E-state index in [1.54, 1.807) is 0 Å². The van der Waals surface area contributed by atoms with Crippen molar-refractivity contribution in [1.82, 2.24) is 0 Å². The fourth-order valence-electron chi connectivity index (χ4n) is 5.09. The maximum atomic E-state index is 12.1. The highest BCUT2D eigenvalue weighted by Crippen LogP contribution is 2.14. The predicted molar refractivity (Wildman–Crippen MR) is 193 cm³/mol. The molecule has 0 aliphatic rings. The summed E-state index contributed by atoms with van der Waals surface area (Å²) in [7, 11) is 0. The molecule has 0 heterocycles. The molecule has 0 aliphatic carbocycles. The molecule has 2 atom stereocenters. The van der Waals surface area contributed by atoms with Crippen LogP contribution in [-0.4, -0.2) is 47.6 Å². The molecule has 0 fully saturated rings. The highest BCUT2D eigenvalue weighted by molar-refractivity contribution is 5.70. The van der Waals surface area contributed by atoms with E-state index in [1.807, 2.05) is 0 Å². The minimum Gasteiger partial charge on any atom is -0.462 e. The van der Waals surface area contributed by atoms with Gasteiger partial charge in [0, 0.05) is 12.8 Å². The van der Waals surface area contributed by atoms with Crippen LogP contribution in [0.25, 0.3) is 0 Å². The predicted octanol–water partition coefficient (Wildman–Crippen LogP) is 10.4. The number of aliphatic hydroxyl groups excluding tert-OH is 2. The number of allylic oxidation sites excluding steroid dienone is 7. The Kier molecular flexibility index (Phi) is 34.0. The summed E-state index contributed by atoms with van der Waals surface area (Å²) in [5.41, 5.74) is 0. The third kappa shape index (κ3) is 33.2. The Bertz CT molecular complexity index is 800. The smallest absolute Gasteiger partial charge is 0.306 e. The van der Waals surface area contributed by atoms with E-state index in [0.717, 1.165) is 64.2 Å². The van der Waals surface area contributed by atoms with Gasteiger partial charge in [0.15, 0.2) is 6.10 Å². The van der Waals surface area contributed by atoms with Crippen molar-refractivity contribution in [3.05, 3.63) is 48.6 Å². The van der Waals surface area contributed by atoms with E-state index in [0.29, 0.717) is 19.3 Å². The second kappa shape index (κ2) is 35.7. The lowest BCUT2D eigenvalue weighted by Gasteiger charge is -2.15. The quantitative estimate of drug-likeness (QED) is 0.0419. The fraction of sp³-hybridized carbons (Fsp3) is 0.750. The van der Waals surface area contributed by atoms with Crippen LogP contribution in [0.15, 0.2) is 48.6 Å². The topological polar surface area (TPSA) is 93.1 Å². The maximum Gasteiger partial charge on any atom is 0.306 e. The molecule has 0 bridgehead atoms. The zero-order valence-electron chi connectivity index (χ0n) is 29.7. The van der Waals surface area contributed by atoms with E-state index in [-0.39, 0.29) is 31.3 Å². The molecule has 0 aromatic carbocycles. The Labute approximate surface area is 282 Å². The number of rotatable bonds is 33. The SMILES string of the molecule is CCCCCCCCCCCCCCCCC(=O)O[C@@H](CO)COC(=O)CCC/C=C\C/C=C\C/C=C\C/C=C\CC(O)CCC. The molecule has 0 aromatic rings. The second-order valence-electron chi connectivity index (χ2n) is 12.5. The average molecular weight is 647 g/mol. The van der Waals surface area contributed by atoms with Gasteiger partial charge in [0.1, 0.15) is 6.61 Å². The summed E-state index contributed by atoms with van der Waals surface area (Å²) in [6.45, 7) is 3.88. The van der Waals surface area contributed by atoms with Gasteiger partial charge in [-0.15, -0.1) is 0 Å². The lowest BCUT2D eigenvalue weighted by atomic mass is 10.0. The van der Waals surface area contributed by atoms with Gasteiger partial charge in [-0.25, -0.2) is 0 Å². The molecule has 46 heavy (non-hydrogen) atoms. The standard InChI is InChI=1S/C40H70O6/c1-3-5-6-7-8-9-10-11-14-18-21-24-27-30-34-40(44)46-38(35-41)36-45-39(43)33-29-26-23-20-17-15-12-13-16-19-22-25-28-32-37(42)31-4-2/h12,15-16,19-20,23,25,28,37-38,41-42H,3-11,13-14,17-18,21-22,24,26-27,29-36H2,1-2H3/b15-12-,19-16-,23-20-,28-25-/t37?,38-/m0/s1. The number of hydrogen-bond acceptors (Lipinski definition) is 6. The van der Waals surface area contributed by atoms with Gasteiger partial charge >= 0.3 is 11.9 Å². The minimum atomic E-state index is -0.800. The highest BCUT2D eigenvalue weighted by atomic mass is 16.6. The molecule has 0 aliphatic heterocycles. The Morgan fingerprint density at radius 3 is 1.59 bits per heavy atom. The number of esters is 2. The lowest BCUT2D eigenvalue weighted by molar-refractivity contribution is -0.161. The van der Waals surface area contributed by atoms with Crippen molar-refractivity contribution in [2.24, 2.45) is 0 Å². The van der Waals surface area contributed by atoms with Gasteiger partial charge < -0.3 is 19.7 Å². The molecule has 1 unspecified atom stereocenters. The lowest BCUT2D eigenvalue weighted by Crippen LogP contribution is -2.28. The molecule has 2 N–H and O–H groups in total. The number of unbranched alkanes of at least 4 members (excludes halogenated alkanes) is 14. The van der Waals surface area contributed by atoms with E-state index in [2.05, 4.69) is 62.5 Å². The first-order chi connectivity index (χ1) is 22.5. The monoisotopic (exact) mass is 647 g/mol. The van der Waals surface area contributed by atoms with Gasteiger partial charge in [-0.1, -0.05) is 152 Å². The molecule has 0 aromatic heterocycles. The summed E-state index contributed by atoms with van der Waals surface area (Å²) in [5, 5.41) is 19.2. The van der Waals surface area contributed by atoms with Crippen molar-refractivity contribution in [2.45, 2.75) is 180 Å². The fourth-order valence-corrected chi connectivity index (χ4v) is 5.09. The van der Waals surface area contributed by atoms with Gasteiger partial charge in [-0.3, -0.25) is 9.59 Å². The third-order valence-corrected chi connectivity index (χ3v) is 7.93. The van der Waals surface area contributed by atoms with Crippen molar-refractivity contribution in [1.29, 1.82) is 0 Å². The summed E-state index contributed by atoms with van der Waals surface area (Å²) in [6.07, 6.45) is 40.9. The first-order valence-electron chi connectivity index (χ1n) is 18.8. The summed E-state index contributed by atoms with van der Waals surface area (Å²) in [4.78, 5) is 24.2. The highest BCUT2D eigenvalue weighted by Gasteiger charge is 2.16. The van der Waals surface area contributed by atoms with E-state index in [9.17, 15) is 19.8 Å². The number of ether oxygens (including phenoxy) is 2. The summed E-state index contributed by atoms with van der Waals surface area (Å²) >= 11 is 0. The zero-order valence-corrected chi connectivity index (χ0v) is 29.7. The molecular weight excluding hydrogens is 576 g/mol. The van der Waals surface area contributed by atoms with Crippen LogP contribution in [0.4, 0.5) is 0 Å². The third-order valence-electron chi connectivity index (χ3n) is 7.93. The number of carbonyl (C=O) groups excluding carboxylic acids is 2. The average Bonchev–Trinajstić information content (AvgIpc) is 3.05. The van der Waals surface area contributed by atoms with Crippen LogP contribution in [0.3, 0.4) is 0 Å². The molecule has 266 valence electrons. The maximum absolute atomic E-state index is 12.1. The molecule has 0 amide bonds. The van der Waals surface area contributed by atoms with Gasteiger partial charge in [-0.2, -0.15) is 0 Å². The van der Waals surface area contributed by atoms with E-state index < -0.39 is 6.10 Å². The van der Waals surface area contributed by atoms with Gasteiger partial charge in [0.2, 0.25) is 0 Å². The summed E-state index contributed by atoms with van der Waals surface area (Å²) in [5.74, 6) is -0.676. The molecule has 0 saturated carbocycles. The minimum absolute atomic E-state index is 0.104. The largest absolute Gasteiger partial charge is 0.462 e. The first kappa shape index (κ1) is 43.8. The first-order valence-corrected chi connectivity index (χ1v) is 18.8. The van der Waals surface area contributed by atoms with Crippen molar-refractivity contribution >= 4 is 11.9 Å². The van der Waals surface area contributed by atoms with Crippen molar-refractivity contribution in [2.75, 3.05) is 13.2 Å². The van der Waals surface area contributed by atoms with Crippen molar-refractivity contribution < 1.29 is 29.3 Å². The molecule has 6 heteroatoms. The molecule has 0 radical (unpaired) electrons. The zero-order chi connectivity index (χ0) is 33.8. The summed E-state index contributed by atoms with van der Waals surface area (Å²) in [6, 6.07) is 0. The van der Waals surface area contributed by atoms with Gasteiger partial charge in [-0.05, 0) is 51.4 Å². The van der Waals surface area contributed by atoms with Crippen LogP contribution in [0.2, 0.25) is 0 Å². The van der Waals surface area contributed by atoms with Gasteiger partial charge in [0.05, 0.1) is 12.7 Å². The van der Waals surface area contributed by atoms with Crippen LogP contribution >= 0.6 is 0 Å².